The van der Waals surface area contributed by atoms with Crippen LogP contribution in [0.4, 0.5) is 5.95 Å². The quantitative estimate of drug-likeness (QED) is 0.659. The highest BCUT2D eigenvalue weighted by atomic mass is 32.1. The summed E-state index contributed by atoms with van der Waals surface area (Å²) in [4.78, 5) is 11.1. The zero-order valence-corrected chi connectivity index (χ0v) is 10.5. The Kier molecular flexibility index (Phi) is 2.58. The molecule has 2 aromatic heterocycles. The summed E-state index contributed by atoms with van der Waals surface area (Å²) in [6.07, 6.45) is 1.18. The molecule has 0 saturated carbocycles. The number of aliphatic hydroxyl groups excluding tert-OH is 1. The van der Waals surface area contributed by atoms with E-state index in [2.05, 4.69) is 15.0 Å². The van der Waals surface area contributed by atoms with E-state index in [0.717, 1.165) is 0 Å². The molecule has 0 spiro atoms. The molecule has 7 nitrogen and oxygen atoms in total. The highest BCUT2D eigenvalue weighted by Gasteiger charge is 2.32. The minimum atomic E-state index is -0.477. The molecule has 2 aromatic rings. The zero-order chi connectivity index (χ0) is 12.9. The van der Waals surface area contributed by atoms with Gasteiger partial charge in [0.25, 0.3) is 0 Å². The molecule has 1 aliphatic rings. The number of fused-ring (bicyclic) bond motifs is 1. The minimum absolute atomic E-state index is 0.199. The second kappa shape index (κ2) is 4.01. The smallest absolute Gasteiger partial charge is 0.200 e. The summed E-state index contributed by atoms with van der Waals surface area (Å²) in [6, 6.07) is 0. The standard InChI is InChI=1S/C10H13N5O2S/c1-4-5(16)2-6(17-4)15-3-12-7-8(15)13-10(11)14-9(7)18/h3-6,16H,2H2,1H3,(H3,11,13,14,18)/t4-,5-,6-/m1/s1. The van der Waals surface area contributed by atoms with Gasteiger partial charge in [0.05, 0.1) is 18.5 Å². The number of imidazole rings is 1. The summed E-state index contributed by atoms with van der Waals surface area (Å²) in [5.74, 6) is 0.237. The molecule has 0 unspecified atom stereocenters. The van der Waals surface area contributed by atoms with Gasteiger partial charge in [-0.15, -0.1) is 0 Å². The number of ether oxygens (including phenoxy) is 1. The molecule has 0 bridgehead atoms. The number of rotatable bonds is 1. The van der Waals surface area contributed by atoms with Crippen LogP contribution in [0.3, 0.4) is 0 Å². The van der Waals surface area contributed by atoms with E-state index in [0.29, 0.717) is 22.2 Å². The van der Waals surface area contributed by atoms with Crippen molar-refractivity contribution in [1.29, 1.82) is 0 Å². The van der Waals surface area contributed by atoms with E-state index >= 15 is 0 Å². The third-order valence-electron chi connectivity index (χ3n) is 3.13. The lowest BCUT2D eigenvalue weighted by molar-refractivity contribution is -0.00631. The second-order valence-corrected chi connectivity index (χ2v) is 4.76. The van der Waals surface area contributed by atoms with Crippen LogP contribution in [0.15, 0.2) is 6.33 Å². The predicted molar refractivity (Wildman–Crippen MR) is 67.3 cm³/mol. The Hall–Kier alpha value is -1.51. The number of hydrogen-bond donors (Lipinski definition) is 3. The van der Waals surface area contributed by atoms with Gasteiger partial charge in [-0.1, -0.05) is 12.2 Å². The van der Waals surface area contributed by atoms with E-state index < -0.39 is 6.10 Å². The van der Waals surface area contributed by atoms with Crippen molar-refractivity contribution in [1.82, 2.24) is 19.5 Å². The van der Waals surface area contributed by atoms with Gasteiger partial charge in [0, 0.05) is 6.42 Å². The number of nitrogens with one attached hydrogen (secondary N) is 1. The number of nitrogens with two attached hydrogens (primary N) is 1. The maximum absolute atomic E-state index is 9.72. The fourth-order valence-electron chi connectivity index (χ4n) is 2.14. The molecule has 96 valence electrons. The second-order valence-electron chi connectivity index (χ2n) is 4.38. The van der Waals surface area contributed by atoms with Crippen LogP contribution in [0.1, 0.15) is 19.6 Å². The van der Waals surface area contributed by atoms with Crippen LogP contribution >= 0.6 is 12.2 Å². The zero-order valence-electron chi connectivity index (χ0n) is 9.70. The van der Waals surface area contributed by atoms with E-state index in [1.165, 1.54) is 0 Å². The number of nitrogens with zero attached hydrogens (tertiary/aromatic N) is 3. The Bertz CT molecular complexity index is 641. The molecule has 1 aliphatic heterocycles. The van der Waals surface area contributed by atoms with Gasteiger partial charge in [0.2, 0.25) is 0 Å². The number of aliphatic hydroxyl groups is 1. The number of nitrogen functional groups attached to an aromatic ring is 1. The van der Waals surface area contributed by atoms with E-state index in [4.69, 9.17) is 22.7 Å². The molecule has 0 amide bonds. The molecule has 0 radical (unpaired) electrons. The van der Waals surface area contributed by atoms with E-state index in [-0.39, 0.29) is 18.3 Å². The maximum Gasteiger partial charge on any atom is 0.200 e. The molecule has 0 aromatic carbocycles. The van der Waals surface area contributed by atoms with Crippen LogP contribution in [-0.4, -0.2) is 36.8 Å². The first-order valence-electron chi connectivity index (χ1n) is 5.62. The molecule has 1 fully saturated rings. The highest BCUT2D eigenvalue weighted by molar-refractivity contribution is 7.71. The fraction of sp³-hybridized carbons (Fsp3) is 0.500. The van der Waals surface area contributed by atoms with Gasteiger partial charge in [-0.3, -0.25) is 4.57 Å². The van der Waals surface area contributed by atoms with Crippen LogP contribution < -0.4 is 5.73 Å². The third kappa shape index (κ3) is 1.69. The number of aromatic amines is 1. The lowest BCUT2D eigenvalue weighted by atomic mass is 10.2. The Labute approximate surface area is 108 Å². The SMILES string of the molecule is C[C@H]1O[C@@H](n2cnc3c(=S)nc(N)[nH]c32)C[C@H]1O. The first kappa shape index (κ1) is 11.6. The van der Waals surface area contributed by atoms with Crippen molar-refractivity contribution in [3.8, 4) is 0 Å². The summed E-state index contributed by atoms with van der Waals surface area (Å²) >= 11 is 5.10. The van der Waals surface area contributed by atoms with Crippen molar-refractivity contribution in [2.24, 2.45) is 0 Å². The summed E-state index contributed by atoms with van der Waals surface area (Å²) in [6.45, 7) is 1.84. The van der Waals surface area contributed by atoms with Crippen molar-refractivity contribution in [3.63, 3.8) is 0 Å². The molecular formula is C10H13N5O2S. The van der Waals surface area contributed by atoms with Crippen molar-refractivity contribution < 1.29 is 9.84 Å². The number of aromatic nitrogens is 4. The van der Waals surface area contributed by atoms with Crippen molar-refractivity contribution in [2.75, 3.05) is 5.73 Å². The third-order valence-corrected chi connectivity index (χ3v) is 3.42. The largest absolute Gasteiger partial charge is 0.390 e. The molecule has 4 N–H and O–H groups in total. The Morgan fingerprint density at radius 3 is 3.11 bits per heavy atom. The van der Waals surface area contributed by atoms with Crippen LogP contribution in [0.25, 0.3) is 11.2 Å². The van der Waals surface area contributed by atoms with Gasteiger partial charge in [-0.2, -0.15) is 0 Å². The first-order chi connectivity index (χ1) is 8.56. The monoisotopic (exact) mass is 267 g/mol. The van der Waals surface area contributed by atoms with Crippen molar-refractivity contribution in [2.45, 2.75) is 31.8 Å². The van der Waals surface area contributed by atoms with Crippen LogP contribution in [0, 0.1) is 4.64 Å². The lowest BCUT2D eigenvalue weighted by Gasteiger charge is -2.12. The van der Waals surface area contributed by atoms with Gasteiger partial charge in [0.15, 0.2) is 10.6 Å². The molecule has 0 aliphatic carbocycles. The summed E-state index contributed by atoms with van der Waals surface area (Å²) < 4.78 is 7.80. The number of hydrogen-bond acceptors (Lipinski definition) is 6. The Balaban J connectivity index is 2.11. The van der Waals surface area contributed by atoms with Crippen molar-refractivity contribution >= 4 is 29.3 Å². The minimum Gasteiger partial charge on any atom is -0.390 e. The van der Waals surface area contributed by atoms with Crippen LogP contribution in [0.5, 0.6) is 0 Å². The van der Waals surface area contributed by atoms with Crippen molar-refractivity contribution in [3.05, 3.63) is 11.0 Å². The van der Waals surface area contributed by atoms with Crippen LogP contribution in [0.2, 0.25) is 0 Å². The first-order valence-corrected chi connectivity index (χ1v) is 6.03. The fourth-order valence-corrected chi connectivity index (χ4v) is 2.39. The lowest BCUT2D eigenvalue weighted by Crippen LogP contribution is -2.15. The topological polar surface area (TPSA) is 102 Å². The van der Waals surface area contributed by atoms with Gasteiger partial charge in [-0.05, 0) is 6.92 Å². The normalized spacial score (nSPS) is 28.0. The molecule has 18 heavy (non-hydrogen) atoms. The molecule has 3 atom stereocenters. The highest BCUT2D eigenvalue weighted by Crippen LogP contribution is 2.30. The molecule has 3 rings (SSSR count). The molecule has 8 heteroatoms. The van der Waals surface area contributed by atoms with E-state index in [1.807, 2.05) is 6.92 Å². The van der Waals surface area contributed by atoms with Gasteiger partial charge >= 0.3 is 0 Å². The Morgan fingerprint density at radius 2 is 2.44 bits per heavy atom. The molecular weight excluding hydrogens is 254 g/mol. The van der Waals surface area contributed by atoms with Gasteiger partial charge < -0.3 is 20.6 Å². The predicted octanol–water partition coefficient (Wildman–Crippen LogP) is 0.739. The number of anilines is 1. The summed E-state index contributed by atoms with van der Waals surface area (Å²) in [7, 11) is 0. The maximum atomic E-state index is 9.72. The average molecular weight is 267 g/mol. The average Bonchev–Trinajstić information content (AvgIpc) is 2.83. The van der Waals surface area contributed by atoms with E-state index in [1.54, 1.807) is 10.9 Å². The summed E-state index contributed by atoms with van der Waals surface area (Å²) in [5.41, 5.74) is 6.89. The number of H-pyrrole nitrogens is 1. The van der Waals surface area contributed by atoms with Crippen LogP contribution in [-0.2, 0) is 4.74 Å². The van der Waals surface area contributed by atoms with Gasteiger partial charge in [0.1, 0.15) is 17.4 Å². The Morgan fingerprint density at radius 1 is 1.67 bits per heavy atom. The van der Waals surface area contributed by atoms with E-state index in [9.17, 15) is 5.11 Å². The summed E-state index contributed by atoms with van der Waals surface area (Å²) in [5, 5.41) is 9.72. The van der Waals surface area contributed by atoms with Gasteiger partial charge in [-0.25, -0.2) is 9.97 Å². The molecule has 3 heterocycles. The molecule has 1 saturated heterocycles.